The number of aromatic nitrogens is 3. The van der Waals surface area contributed by atoms with Gasteiger partial charge in [0.25, 0.3) is 5.91 Å². The van der Waals surface area contributed by atoms with E-state index >= 15 is 0 Å². The average molecular weight is 481 g/mol. The van der Waals surface area contributed by atoms with Gasteiger partial charge in [-0.05, 0) is 36.4 Å². The molecule has 0 aliphatic heterocycles. The van der Waals surface area contributed by atoms with Gasteiger partial charge >= 0.3 is 0 Å². The Morgan fingerprint density at radius 1 is 1.07 bits per heavy atom. The molecule has 0 saturated heterocycles. The highest BCUT2D eigenvalue weighted by Gasteiger charge is 2.18. The van der Waals surface area contributed by atoms with Gasteiger partial charge in [-0.15, -0.1) is 0 Å². The predicted molar refractivity (Wildman–Crippen MR) is 121 cm³/mol. The lowest BCUT2D eigenvalue weighted by Crippen LogP contribution is -2.21. The molecule has 0 aliphatic rings. The van der Waals surface area contributed by atoms with Gasteiger partial charge in [0, 0.05) is 26.8 Å². The molecule has 2 aromatic carbocycles. The third-order valence-corrected chi connectivity index (χ3v) is 5.20. The summed E-state index contributed by atoms with van der Waals surface area (Å²) in [6.45, 7) is 0. The van der Waals surface area contributed by atoms with E-state index in [4.69, 9.17) is 11.6 Å². The zero-order chi connectivity index (χ0) is 20.9. The van der Waals surface area contributed by atoms with Gasteiger partial charge in [-0.25, -0.2) is 15.1 Å². The lowest BCUT2D eigenvalue weighted by atomic mass is 10.1. The smallest absolute Gasteiger partial charge is 0.266 e. The molecular weight excluding hydrogens is 466 g/mol. The summed E-state index contributed by atoms with van der Waals surface area (Å²) < 4.78 is 2.37. The Morgan fingerprint density at radius 3 is 2.57 bits per heavy atom. The largest absolute Gasteiger partial charge is 0.290 e. The van der Waals surface area contributed by atoms with Gasteiger partial charge in [0.1, 0.15) is 5.69 Å². The van der Waals surface area contributed by atoms with Crippen molar-refractivity contribution in [3.05, 3.63) is 99.7 Å². The van der Waals surface area contributed by atoms with Crippen LogP contribution in [0.2, 0.25) is 5.02 Å². The molecule has 0 fully saturated rings. The molecule has 0 aliphatic carbocycles. The maximum atomic E-state index is 12.9. The summed E-state index contributed by atoms with van der Waals surface area (Å²) in [6.07, 6.45) is 3.22. The Morgan fingerprint density at radius 2 is 1.83 bits per heavy atom. The molecule has 2 aromatic heterocycles. The zero-order valence-corrected chi connectivity index (χ0v) is 17.9. The second kappa shape index (κ2) is 9.02. The molecule has 0 spiro atoms. The maximum absolute atomic E-state index is 12.9. The fourth-order valence-electron chi connectivity index (χ4n) is 2.76. The minimum absolute atomic E-state index is 0.308. The third kappa shape index (κ3) is 4.48. The summed E-state index contributed by atoms with van der Waals surface area (Å²) in [5.74, 6) is 0.120. The van der Waals surface area contributed by atoms with Crippen LogP contribution < -0.4 is 5.43 Å². The van der Waals surface area contributed by atoms with Crippen LogP contribution in [0.25, 0.3) is 17.1 Å². The SMILES string of the molecule is O=C(N/N=C/c1ccccc1Br)c1cc(-c2ccc(Cl)cc2)nn1-c1ccccn1. The molecule has 30 heavy (non-hydrogen) atoms. The monoisotopic (exact) mass is 479 g/mol. The van der Waals surface area contributed by atoms with Gasteiger partial charge < -0.3 is 0 Å². The number of carbonyl (C=O) groups is 1. The minimum Gasteiger partial charge on any atom is -0.266 e. The van der Waals surface area contributed by atoms with E-state index in [0.717, 1.165) is 15.6 Å². The van der Waals surface area contributed by atoms with Crippen LogP contribution in [0.4, 0.5) is 0 Å². The van der Waals surface area contributed by atoms with Crippen LogP contribution in [0, 0.1) is 0 Å². The number of nitrogens with zero attached hydrogens (tertiary/aromatic N) is 4. The number of hydrogen-bond donors (Lipinski definition) is 1. The zero-order valence-electron chi connectivity index (χ0n) is 15.5. The Bertz CT molecular complexity index is 1210. The number of hydrogen-bond acceptors (Lipinski definition) is 4. The van der Waals surface area contributed by atoms with E-state index in [9.17, 15) is 4.79 Å². The Kier molecular flexibility index (Phi) is 6.02. The molecule has 148 valence electrons. The second-order valence-electron chi connectivity index (χ2n) is 6.24. The van der Waals surface area contributed by atoms with E-state index < -0.39 is 5.91 Å². The van der Waals surface area contributed by atoms with E-state index in [1.807, 2.05) is 42.5 Å². The molecule has 0 radical (unpaired) electrons. The minimum atomic E-state index is -0.406. The summed E-state index contributed by atoms with van der Waals surface area (Å²) in [5, 5.41) is 9.27. The second-order valence-corrected chi connectivity index (χ2v) is 7.53. The van der Waals surface area contributed by atoms with Crippen molar-refractivity contribution in [2.75, 3.05) is 0 Å². The highest BCUT2D eigenvalue weighted by atomic mass is 79.9. The maximum Gasteiger partial charge on any atom is 0.290 e. The molecule has 0 unspecified atom stereocenters. The molecule has 6 nitrogen and oxygen atoms in total. The first kappa shape index (κ1) is 20.0. The van der Waals surface area contributed by atoms with Crippen LogP contribution >= 0.6 is 27.5 Å². The van der Waals surface area contributed by atoms with Gasteiger partial charge in [0.05, 0.1) is 11.9 Å². The number of halogens is 2. The van der Waals surface area contributed by atoms with Gasteiger partial charge in [0.2, 0.25) is 0 Å². The van der Waals surface area contributed by atoms with Gasteiger partial charge in [-0.3, -0.25) is 4.79 Å². The number of carbonyl (C=O) groups excluding carboxylic acids is 1. The van der Waals surface area contributed by atoms with Crippen molar-refractivity contribution in [3.8, 4) is 17.1 Å². The molecule has 8 heteroatoms. The van der Waals surface area contributed by atoms with Gasteiger partial charge in [0.15, 0.2) is 5.82 Å². The average Bonchev–Trinajstić information content (AvgIpc) is 3.22. The molecule has 0 atom stereocenters. The Hall–Kier alpha value is -3.29. The topological polar surface area (TPSA) is 72.2 Å². The van der Waals surface area contributed by atoms with Gasteiger partial charge in [-0.2, -0.15) is 10.2 Å². The first-order valence-electron chi connectivity index (χ1n) is 8.97. The fourth-order valence-corrected chi connectivity index (χ4v) is 3.27. The van der Waals surface area contributed by atoms with Crippen molar-refractivity contribution >= 4 is 39.7 Å². The molecule has 2 heterocycles. The highest BCUT2D eigenvalue weighted by Crippen LogP contribution is 2.23. The number of amides is 1. The molecule has 1 N–H and O–H groups in total. The van der Waals surface area contributed by atoms with E-state index in [2.05, 4.69) is 36.5 Å². The van der Waals surface area contributed by atoms with Crippen LogP contribution in [-0.2, 0) is 0 Å². The van der Waals surface area contributed by atoms with E-state index in [0.29, 0.717) is 22.2 Å². The van der Waals surface area contributed by atoms with Gasteiger partial charge in [-0.1, -0.05) is 63.9 Å². The van der Waals surface area contributed by atoms with Crippen molar-refractivity contribution in [1.82, 2.24) is 20.2 Å². The molecule has 4 aromatic rings. The third-order valence-electron chi connectivity index (χ3n) is 4.22. The van der Waals surface area contributed by atoms with Crippen molar-refractivity contribution in [2.24, 2.45) is 5.10 Å². The van der Waals surface area contributed by atoms with Crippen LogP contribution in [-0.4, -0.2) is 26.9 Å². The number of nitrogens with one attached hydrogen (secondary N) is 1. The van der Waals surface area contributed by atoms with E-state index in [-0.39, 0.29) is 0 Å². The molecule has 1 amide bonds. The Balaban J connectivity index is 1.66. The number of pyridine rings is 1. The number of hydrazone groups is 1. The lowest BCUT2D eigenvalue weighted by Gasteiger charge is -2.05. The first-order chi connectivity index (χ1) is 14.6. The van der Waals surface area contributed by atoms with Crippen LogP contribution in [0.15, 0.2) is 88.6 Å². The molecular formula is C22H15BrClN5O. The van der Waals surface area contributed by atoms with Crippen LogP contribution in [0.5, 0.6) is 0 Å². The molecule has 4 rings (SSSR count). The van der Waals surface area contributed by atoms with Crippen molar-refractivity contribution in [2.45, 2.75) is 0 Å². The summed E-state index contributed by atoms with van der Waals surface area (Å²) in [4.78, 5) is 17.2. The van der Waals surface area contributed by atoms with Crippen molar-refractivity contribution in [1.29, 1.82) is 0 Å². The predicted octanol–water partition coefficient (Wildman–Crippen LogP) is 5.11. The summed E-state index contributed by atoms with van der Waals surface area (Å²) in [7, 11) is 0. The van der Waals surface area contributed by atoms with Crippen molar-refractivity contribution in [3.63, 3.8) is 0 Å². The summed E-state index contributed by atoms with van der Waals surface area (Å²) >= 11 is 9.43. The van der Waals surface area contributed by atoms with Crippen LogP contribution in [0.1, 0.15) is 16.1 Å². The first-order valence-corrected chi connectivity index (χ1v) is 10.1. The molecule has 0 saturated carbocycles. The van der Waals surface area contributed by atoms with E-state index in [1.165, 1.54) is 4.68 Å². The fraction of sp³-hybridized carbons (Fsp3) is 0. The van der Waals surface area contributed by atoms with Crippen molar-refractivity contribution < 1.29 is 4.79 Å². The van der Waals surface area contributed by atoms with E-state index in [1.54, 1.807) is 42.7 Å². The highest BCUT2D eigenvalue weighted by molar-refractivity contribution is 9.10. The molecule has 0 bridgehead atoms. The number of rotatable bonds is 5. The normalized spacial score (nSPS) is 11.0. The van der Waals surface area contributed by atoms with Crippen LogP contribution in [0.3, 0.4) is 0 Å². The number of benzene rings is 2. The lowest BCUT2D eigenvalue weighted by molar-refractivity contribution is 0.0947. The Labute approximate surface area is 186 Å². The summed E-state index contributed by atoms with van der Waals surface area (Å²) in [6, 6.07) is 21.9. The quantitative estimate of drug-likeness (QED) is 0.318. The standard InChI is InChI=1S/C22H15BrClN5O/c23-18-6-2-1-5-16(18)14-26-27-22(30)20-13-19(15-8-10-17(24)11-9-15)28-29(20)21-7-3-4-12-25-21/h1-14H,(H,27,30)/b26-14+. The summed E-state index contributed by atoms with van der Waals surface area (Å²) in [5.41, 5.74) is 5.17.